The van der Waals surface area contributed by atoms with E-state index in [1.165, 1.54) is 17.2 Å². The summed E-state index contributed by atoms with van der Waals surface area (Å²) in [7, 11) is 0. The van der Waals surface area contributed by atoms with E-state index in [2.05, 4.69) is 16.0 Å². The van der Waals surface area contributed by atoms with Gasteiger partial charge in [0.1, 0.15) is 18.7 Å². The number of nitrogens with two attached hydrogens (primary N) is 3. The topological polar surface area (TPSA) is 330 Å². The average molecular weight is 927 g/mol. The van der Waals surface area contributed by atoms with Crippen LogP contribution in [0.5, 0.6) is 0 Å². The van der Waals surface area contributed by atoms with Crippen molar-refractivity contribution in [2.45, 2.75) is 121 Å². The second-order valence-electron chi connectivity index (χ2n) is 16.8. The number of nitrogens with one attached hydrogen (secondary N) is 3. The maximum Gasteiger partial charge on any atom is 0.253 e. The van der Waals surface area contributed by atoms with Gasteiger partial charge in [-0.15, -0.1) is 0 Å². The molecule has 2 aliphatic carbocycles. The average Bonchev–Trinajstić information content (AvgIpc) is 3.58. The molecule has 0 aromatic rings. The fourth-order valence-corrected chi connectivity index (χ4v) is 7.67. The zero-order valence-electron chi connectivity index (χ0n) is 38.0. The Balaban J connectivity index is 1.35. The van der Waals surface area contributed by atoms with Gasteiger partial charge in [-0.3, -0.25) is 33.7 Å². The van der Waals surface area contributed by atoms with E-state index < -0.39 is 60.1 Å². The number of hydrogen-bond acceptors (Lipinski definition) is 17. The van der Waals surface area contributed by atoms with E-state index in [4.69, 9.17) is 41.0 Å². The number of hydrazine groups is 1. The smallest absolute Gasteiger partial charge is 0.253 e. The predicted octanol–water partition coefficient (Wildman–Crippen LogP) is -2.05. The van der Waals surface area contributed by atoms with Crippen LogP contribution in [0.1, 0.15) is 84.5 Å². The molecule has 0 spiro atoms. The Labute approximate surface area is 381 Å². The van der Waals surface area contributed by atoms with Crippen LogP contribution in [0.4, 0.5) is 0 Å². The van der Waals surface area contributed by atoms with Gasteiger partial charge in [0.15, 0.2) is 0 Å². The summed E-state index contributed by atoms with van der Waals surface area (Å²) in [6.07, 6.45) is 5.18. The molecule has 3 aliphatic rings. The highest BCUT2D eigenvalue weighted by Gasteiger charge is 2.39. The summed E-state index contributed by atoms with van der Waals surface area (Å²) in [6.45, 7) is 5.39. The van der Waals surface area contributed by atoms with Crippen LogP contribution in [-0.2, 0) is 52.5 Å². The van der Waals surface area contributed by atoms with Gasteiger partial charge in [-0.1, -0.05) is 26.7 Å². The number of aliphatic hydroxyl groups is 3. The van der Waals surface area contributed by atoms with Crippen molar-refractivity contribution >= 4 is 35.4 Å². The molecule has 1 fully saturated rings. The van der Waals surface area contributed by atoms with Gasteiger partial charge >= 0.3 is 0 Å². The number of rotatable bonds is 31. The van der Waals surface area contributed by atoms with Crippen LogP contribution in [0.25, 0.3) is 0 Å². The van der Waals surface area contributed by atoms with Crippen molar-refractivity contribution in [2.24, 2.45) is 29.1 Å². The van der Waals surface area contributed by atoms with Crippen molar-refractivity contribution < 1.29 is 67.8 Å². The van der Waals surface area contributed by atoms with Crippen molar-refractivity contribution in [2.75, 3.05) is 79.2 Å². The van der Waals surface area contributed by atoms with Crippen molar-refractivity contribution in [1.29, 1.82) is 0 Å². The molecule has 0 saturated heterocycles. The van der Waals surface area contributed by atoms with E-state index in [0.717, 1.165) is 24.2 Å². The first kappa shape index (κ1) is 55.1. The number of imide groups is 1. The molecule has 4 unspecified atom stereocenters. The molecule has 3 rings (SSSR count). The third-order valence-corrected chi connectivity index (χ3v) is 11.5. The van der Waals surface area contributed by atoms with Gasteiger partial charge in [0.25, 0.3) is 11.8 Å². The number of ether oxygens (including phenoxy) is 5. The summed E-state index contributed by atoms with van der Waals surface area (Å²) in [4.78, 5) is 75.1. The van der Waals surface area contributed by atoms with Crippen molar-refractivity contribution in [3.63, 3.8) is 0 Å². The lowest BCUT2D eigenvalue weighted by Gasteiger charge is -2.43. The molecule has 370 valence electrons. The zero-order chi connectivity index (χ0) is 47.7. The molecule has 12 N–H and O–H groups in total. The summed E-state index contributed by atoms with van der Waals surface area (Å²) < 4.78 is 27.8. The highest BCUT2D eigenvalue weighted by molar-refractivity contribution is 6.12. The molecule has 1 aliphatic heterocycles. The Bertz CT molecular complexity index is 1570. The number of hydrogen-bond donors (Lipinski definition) is 9. The Morgan fingerprint density at radius 1 is 0.846 bits per heavy atom. The minimum absolute atomic E-state index is 0.0364. The zero-order valence-corrected chi connectivity index (χ0v) is 38.0. The van der Waals surface area contributed by atoms with E-state index in [1.54, 1.807) is 13.8 Å². The summed E-state index contributed by atoms with van der Waals surface area (Å²) in [5.74, 6) is 3.04. The first-order chi connectivity index (χ1) is 31.1. The van der Waals surface area contributed by atoms with E-state index >= 15 is 0 Å². The van der Waals surface area contributed by atoms with E-state index in [-0.39, 0.29) is 102 Å². The number of allylic oxidation sites excluding steroid dienone is 1. The largest absolute Gasteiger partial charge is 0.398 e. The highest BCUT2D eigenvalue weighted by Crippen LogP contribution is 2.32. The van der Waals surface area contributed by atoms with Gasteiger partial charge in [0.2, 0.25) is 23.6 Å². The molecular formula is C43H74N8O14. The second kappa shape index (κ2) is 30.1. The minimum Gasteiger partial charge on any atom is -0.398 e. The Morgan fingerprint density at radius 2 is 1.48 bits per heavy atom. The van der Waals surface area contributed by atoms with Crippen LogP contribution >= 0.6 is 0 Å². The summed E-state index contributed by atoms with van der Waals surface area (Å²) in [5, 5.41) is 40.3. The molecule has 0 aromatic carbocycles. The van der Waals surface area contributed by atoms with Gasteiger partial charge in [-0.05, 0) is 50.9 Å². The molecule has 22 heteroatoms. The molecule has 0 aromatic heterocycles. The van der Waals surface area contributed by atoms with Crippen molar-refractivity contribution in [1.82, 2.24) is 25.9 Å². The Hall–Kier alpha value is -4.26. The highest BCUT2D eigenvalue weighted by atomic mass is 16.6. The molecule has 65 heavy (non-hydrogen) atoms. The molecule has 1 heterocycles. The summed E-state index contributed by atoms with van der Waals surface area (Å²) >= 11 is 0. The van der Waals surface area contributed by atoms with E-state index in [1.807, 2.05) is 0 Å². The standard InChI is InChI=1S/C43H74N8O14/c1-28(2)41(42(45)59)49-43(60)30(48-36(55)13-16-61-18-20-63-22-23-64-21-19-62-17-15-50-38(57)11-12-39(50)58)8-6-7-14-47-37(56)27-65-35-10-5-3-4-9-31(40(35)44)51(46)32-24-29(26-52)33(53)25-34(32)54/h11-12,28-30,32-35,41,52-54H,3-10,13-27,44,46H2,1-2H3,(H2,45,59)(H,47,56)(H,48,55)(H,49,60)/b40-31-/t29-,30?,32-,33-,34?,35?,41?/m1/s1. The first-order valence-electron chi connectivity index (χ1n) is 22.8. The Kier molecular flexibility index (Phi) is 25.5. The number of carbonyl (C=O) groups excluding carboxylic acids is 6. The first-order valence-corrected chi connectivity index (χ1v) is 22.8. The molecule has 7 atom stereocenters. The van der Waals surface area contributed by atoms with Crippen molar-refractivity contribution in [3.05, 3.63) is 23.5 Å². The SMILES string of the molecule is CC(C)C(NC(=O)C(CCCCNC(=O)COC1CCCCC/C(N(N)[C@@H]2C[C@H](CO)[C@H](O)CC2O)=C\1N)NC(=O)CCOCCOCCOCCOCCN1C(=O)C=CC1=O)C(N)=O. The monoisotopic (exact) mass is 927 g/mol. The van der Waals surface area contributed by atoms with Crippen molar-refractivity contribution in [3.8, 4) is 0 Å². The maximum atomic E-state index is 13.3. The fraction of sp³-hybridized carbons (Fsp3) is 0.767. The molecule has 6 amide bonds. The van der Waals surface area contributed by atoms with E-state index in [0.29, 0.717) is 63.5 Å². The van der Waals surface area contributed by atoms with Crippen LogP contribution in [0.15, 0.2) is 23.5 Å². The fourth-order valence-electron chi connectivity index (χ4n) is 7.67. The molecule has 22 nitrogen and oxygen atoms in total. The third kappa shape index (κ3) is 19.6. The molecule has 0 radical (unpaired) electrons. The molecular weight excluding hydrogens is 853 g/mol. The van der Waals surface area contributed by atoms with Gasteiger partial charge in [-0.25, -0.2) is 5.84 Å². The molecule has 1 saturated carbocycles. The van der Waals surface area contributed by atoms with Gasteiger partial charge in [0.05, 0.1) is 95.1 Å². The lowest BCUT2D eigenvalue weighted by atomic mass is 9.81. The number of primary amides is 1. The third-order valence-electron chi connectivity index (χ3n) is 11.5. The van der Waals surface area contributed by atoms with Crippen LogP contribution in [0.2, 0.25) is 0 Å². The van der Waals surface area contributed by atoms with Gasteiger partial charge in [0, 0.05) is 44.1 Å². The minimum atomic E-state index is -0.980. The quantitative estimate of drug-likeness (QED) is 0.0156. The number of amides is 6. The summed E-state index contributed by atoms with van der Waals surface area (Å²) in [6, 6.07) is -2.48. The molecule has 0 bridgehead atoms. The van der Waals surface area contributed by atoms with Crippen LogP contribution in [-0.4, -0.2) is 176 Å². The Morgan fingerprint density at radius 3 is 2.09 bits per heavy atom. The van der Waals surface area contributed by atoms with Crippen LogP contribution in [0, 0.1) is 11.8 Å². The summed E-state index contributed by atoms with van der Waals surface area (Å²) in [5.41, 5.74) is 13.1. The maximum absolute atomic E-state index is 13.3. The lowest BCUT2D eigenvalue weighted by Crippen LogP contribution is -2.54. The lowest BCUT2D eigenvalue weighted by molar-refractivity contribution is -0.137. The second-order valence-corrected chi connectivity index (χ2v) is 16.8. The van der Waals surface area contributed by atoms with Gasteiger partial charge in [-0.2, -0.15) is 0 Å². The number of aliphatic hydroxyl groups excluding tert-OH is 3. The van der Waals surface area contributed by atoms with Crippen LogP contribution in [0.3, 0.4) is 0 Å². The number of carbonyl (C=O) groups is 6. The van der Waals surface area contributed by atoms with Crippen LogP contribution < -0.4 is 33.3 Å². The number of unbranched alkanes of at least 4 members (excludes halogenated alkanes) is 1. The van der Waals surface area contributed by atoms with E-state index in [9.17, 15) is 44.1 Å². The predicted molar refractivity (Wildman–Crippen MR) is 234 cm³/mol. The number of nitrogens with zero attached hydrogens (tertiary/aromatic N) is 2. The normalized spacial score (nSPS) is 23.5. The van der Waals surface area contributed by atoms with Gasteiger partial charge < -0.3 is 71.4 Å².